The minimum atomic E-state index is -0.726. The molecule has 8 heteroatoms. The standard InChI is InChI=1S/C21H28N2O6/c1-13-9-18(24)16(17(13)11-23(27)28)10-20(26)29-12-19(25)22-15-7-5-14(6-8-15)21(2,3)4/h5-8,13,16-17H,9-12H2,1-4H3,(H,22,25)/t13-,16-,17+/m0/s1. The Balaban J connectivity index is 1.84. The van der Waals surface area contributed by atoms with Crippen molar-refractivity contribution < 1.29 is 24.0 Å². The Bertz CT molecular complexity index is 781. The van der Waals surface area contributed by atoms with Gasteiger partial charge in [0.05, 0.1) is 6.42 Å². The van der Waals surface area contributed by atoms with Gasteiger partial charge in [0.25, 0.3) is 5.91 Å². The summed E-state index contributed by atoms with van der Waals surface area (Å²) >= 11 is 0. The molecule has 0 heterocycles. The lowest BCUT2D eigenvalue weighted by molar-refractivity contribution is -0.490. The highest BCUT2D eigenvalue weighted by atomic mass is 16.6. The Kier molecular flexibility index (Phi) is 7.11. The van der Waals surface area contributed by atoms with E-state index in [-0.39, 0.29) is 36.5 Å². The third-order valence-corrected chi connectivity index (χ3v) is 5.33. The first kappa shape index (κ1) is 22.5. The summed E-state index contributed by atoms with van der Waals surface area (Å²) in [6, 6.07) is 7.40. The fourth-order valence-corrected chi connectivity index (χ4v) is 3.64. The van der Waals surface area contributed by atoms with Crippen LogP contribution in [0.4, 0.5) is 5.69 Å². The molecule has 1 amide bonds. The predicted molar refractivity (Wildman–Crippen MR) is 107 cm³/mol. The van der Waals surface area contributed by atoms with Crippen LogP contribution < -0.4 is 5.32 Å². The zero-order valence-corrected chi connectivity index (χ0v) is 17.3. The van der Waals surface area contributed by atoms with Crippen molar-refractivity contribution in [3.05, 3.63) is 39.9 Å². The van der Waals surface area contributed by atoms with E-state index in [2.05, 4.69) is 26.1 Å². The van der Waals surface area contributed by atoms with E-state index in [1.165, 1.54) is 0 Å². The van der Waals surface area contributed by atoms with Gasteiger partial charge in [-0.1, -0.05) is 39.8 Å². The Morgan fingerprint density at radius 3 is 2.41 bits per heavy atom. The molecule has 1 aliphatic rings. The van der Waals surface area contributed by atoms with E-state index in [1.807, 2.05) is 12.1 Å². The molecular weight excluding hydrogens is 376 g/mol. The summed E-state index contributed by atoms with van der Waals surface area (Å²) in [4.78, 5) is 46.5. The summed E-state index contributed by atoms with van der Waals surface area (Å²) in [6.45, 7) is 7.21. The quantitative estimate of drug-likeness (QED) is 0.424. The van der Waals surface area contributed by atoms with Gasteiger partial charge in [0.15, 0.2) is 6.61 Å². The first-order valence-corrected chi connectivity index (χ1v) is 9.68. The summed E-state index contributed by atoms with van der Waals surface area (Å²) in [5.74, 6) is -2.72. The molecule has 0 saturated heterocycles. The van der Waals surface area contributed by atoms with Crippen molar-refractivity contribution in [3.63, 3.8) is 0 Å². The normalized spacial score (nSPS) is 21.7. The highest BCUT2D eigenvalue weighted by Gasteiger charge is 2.44. The van der Waals surface area contributed by atoms with Gasteiger partial charge in [-0.3, -0.25) is 24.5 Å². The molecule has 0 spiro atoms. The second-order valence-electron chi connectivity index (χ2n) is 8.67. The smallest absolute Gasteiger partial charge is 0.307 e. The average Bonchev–Trinajstić information content (AvgIpc) is 2.86. The van der Waals surface area contributed by atoms with Crippen molar-refractivity contribution in [1.82, 2.24) is 0 Å². The number of ether oxygens (including phenoxy) is 1. The molecule has 1 aromatic rings. The highest BCUT2D eigenvalue weighted by molar-refractivity contribution is 5.93. The zero-order valence-electron chi connectivity index (χ0n) is 17.3. The van der Waals surface area contributed by atoms with Crippen molar-refractivity contribution in [2.24, 2.45) is 17.8 Å². The van der Waals surface area contributed by atoms with E-state index in [4.69, 9.17) is 4.74 Å². The second-order valence-corrected chi connectivity index (χ2v) is 8.67. The number of carbonyl (C=O) groups excluding carboxylic acids is 3. The number of nitro groups is 1. The number of rotatable bonds is 7. The summed E-state index contributed by atoms with van der Waals surface area (Å²) in [5, 5.41) is 13.5. The Morgan fingerprint density at radius 1 is 1.24 bits per heavy atom. The maximum absolute atomic E-state index is 12.1. The Labute approximate surface area is 170 Å². The number of ketones is 1. The topological polar surface area (TPSA) is 116 Å². The van der Waals surface area contributed by atoms with Crippen LogP contribution in [-0.4, -0.2) is 35.7 Å². The third kappa shape index (κ3) is 6.37. The van der Waals surface area contributed by atoms with Crippen molar-refractivity contribution in [1.29, 1.82) is 0 Å². The number of anilines is 1. The molecule has 8 nitrogen and oxygen atoms in total. The molecule has 0 aliphatic heterocycles. The van der Waals surface area contributed by atoms with E-state index in [9.17, 15) is 24.5 Å². The molecule has 29 heavy (non-hydrogen) atoms. The number of nitrogens with zero attached hydrogens (tertiary/aromatic N) is 1. The van der Waals surface area contributed by atoms with Crippen molar-refractivity contribution in [2.75, 3.05) is 18.5 Å². The number of hydrogen-bond acceptors (Lipinski definition) is 6. The SMILES string of the molecule is C[C@H]1CC(=O)[C@@H](CC(=O)OCC(=O)Nc2ccc(C(C)(C)C)cc2)[C@@H]1C[N+](=O)[O-]. The van der Waals surface area contributed by atoms with Gasteiger partial charge in [-0.2, -0.15) is 0 Å². The molecule has 1 saturated carbocycles. The molecule has 1 fully saturated rings. The van der Waals surface area contributed by atoms with Crippen LogP contribution in [0.15, 0.2) is 24.3 Å². The Morgan fingerprint density at radius 2 is 1.86 bits per heavy atom. The van der Waals surface area contributed by atoms with Gasteiger partial charge in [-0.05, 0) is 29.0 Å². The minimum Gasteiger partial charge on any atom is -0.456 e. The summed E-state index contributed by atoms with van der Waals surface area (Å²) in [5.41, 5.74) is 1.71. The molecule has 1 aliphatic carbocycles. The predicted octanol–water partition coefficient (Wildman–Crippen LogP) is 2.97. The van der Waals surface area contributed by atoms with Crippen molar-refractivity contribution >= 4 is 23.3 Å². The molecule has 2 rings (SSSR count). The monoisotopic (exact) mass is 404 g/mol. The number of nitrogens with one attached hydrogen (secondary N) is 1. The zero-order chi connectivity index (χ0) is 21.8. The molecule has 1 N–H and O–H groups in total. The highest BCUT2D eigenvalue weighted by Crippen LogP contribution is 2.36. The number of carbonyl (C=O) groups is 3. The van der Waals surface area contributed by atoms with E-state index in [0.29, 0.717) is 5.69 Å². The molecular formula is C21H28N2O6. The maximum Gasteiger partial charge on any atom is 0.307 e. The molecule has 0 bridgehead atoms. The Hall–Kier alpha value is -2.77. The van der Waals surface area contributed by atoms with E-state index in [1.54, 1.807) is 19.1 Å². The minimum absolute atomic E-state index is 0.000304. The van der Waals surface area contributed by atoms with Crippen LogP contribution in [0.2, 0.25) is 0 Å². The molecule has 3 atom stereocenters. The van der Waals surface area contributed by atoms with Gasteiger partial charge >= 0.3 is 5.97 Å². The summed E-state index contributed by atoms with van der Waals surface area (Å²) < 4.78 is 4.98. The molecule has 0 radical (unpaired) electrons. The van der Waals surface area contributed by atoms with Gasteiger partial charge in [0.2, 0.25) is 6.54 Å². The number of benzene rings is 1. The van der Waals surface area contributed by atoms with Crippen LogP contribution in [-0.2, 0) is 24.5 Å². The van der Waals surface area contributed by atoms with Gasteiger partial charge in [-0.15, -0.1) is 0 Å². The van der Waals surface area contributed by atoms with Gasteiger partial charge < -0.3 is 10.1 Å². The fraction of sp³-hybridized carbons (Fsp3) is 0.571. The number of hydrogen-bond donors (Lipinski definition) is 1. The lowest BCUT2D eigenvalue weighted by Gasteiger charge is -2.19. The fourth-order valence-electron chi connectivity index (χ4n) is 3.64. The largest absolute Gasteiger partial charge is 0.456 e. The van der Waals surface area contributed by atoms with E-state index < -0.39 is 35.2 Å². The van der Waals surface area contributed by atoms with Crippen LogP contribution in [0.1, 0.15) is 46.1 Å². The van der Waals surface area contributed by atoms with Crippen molar-refractivity contribution in [3.8, 4) is 0 Å². The average molecular weight is 404 g/mol. The third-order valence-electron chi connectivity index (χ3n) is 5.33. The number of Topliss-reactive ketones (excluding diaryl/α,β-unsaturated/α-hetero) is 1. The van der Waals surface area contributed by atoms with Gasteiger partial charge in [0, 0.05) is 28.9 Å². The van der Waals surface area contributed by atoms with Crippen LogP contribution in [0.5, 0.6) is 0 Å². The molecule has 1 aromatic carbocycles. The lowest BCUT2D eigenvalue weighted by Crippen LogP contribution is -2.28. The first-order valence-electron chi connectivity index (χ1n) is 9.68. The number of esters is 1. The van der Waals surface area contributed by atoms with Crippen LogP contribution in [0, 0.1) is 27.9 Å². The van der Waals surface area contributed by atoms with E-state index in [0.717, 1.165) is 5.56 Å². The van der Waals surface area contributed by atoms with Crippen LogP contribution >= 0.6 is 0 Å². The maximum atomic E-state index is 12.1. The molecule has 0 aromatic heterocycles. The molecule has 158 valence electrons. The van der Waals surface area contributed by atoms with E-state index >= 15 is 0 Å². The van der Waals surface area contributed by atoms with Crippen LogP contribution in [0.3, 0.4) is 0 Å². The number of amides is 1. The van der Waals surface area contributed by atoms with Gasteiger partial charge in [-0.25, -0.2) is 0 Å². The molecule has 0 unspecified atom stereocenters. The second kappa shape index (κ2) is 9.15. The lowest BCUT2D eigenvalue weighted by atomic mass is 9.87. The first-order chi connectivity index (χ1) is 13.5. The van der Waals surface area contributed by atoms with Gasteiger partial charge in [0.1, 0.15) is 5.78 Å². The van der Waals surface area contributed by atoms with Crippen LogP contribution in [0.25, 0.3) is 0 Å². The van der Waals surface area contributed by atoms with Crippen molar-refractivity contribution in [2.45, 2.75) is 46.0 Å². The summed E-state index contributed by atoms with van der Waals surface area (Å²) in [6.07, 6.45) is -0.0171. The summed E-state index contributed by atoms with van der Waals surface area (Å²) in [7, 11) is 0.